The summed E-state index contributed by atoms with van der Waals surface area (Å²) < 4.78 is 5.57. The molecule has 144 valence electrons. The Hall–Kier alpha value is -2.82. The molecule has 2 bridgehead atoms. The Bertz CT molecular complexity index is 910. The number of hydrogen-bond acceptors (Lipinski definition) is 3. The zero-order valence-electron chi connectivity index (χ0n) is 15.6. The van der Waals surface area contributed by atoms with Crippen molar-refractivity contribution in [2.75, 3.05) is 6.61 Å². The van der Waals surface area contributed by atoms with E-state index < -0.39 is 17.6 Å². The third-order valence-corrected chi connectivity index (χ3v) is 6.90. The van der Waals surface area contributed by atoms with Crippen molar-refractivity contribution in [1.29, 1.82) is 0 Å². The third-order valence-electron chi connectivity index (χ3n) is 6.90. The summed E-state index contributed by atoms with van der Waals surface area (Å²) in [5.41, 5.74) is 3.46. The van der Waals surface area contributed by atoms with E-state index in [1.165, 1.54) is 11.1 Å². The van der Waals surface area contributed by atoms with Crippen LogP contribution in [0.5, 0.6) is 0 Å². The minimum Gasteiger partial charge on any atom is -0.479 e. The molecule has 2 saturated carbocycles. The number of carbonyl (C=O) groups is 2. The molecule has 2 aromatic rings. The summed E-state index contributed by atoms with van der Waals surface area (Å²) in [5.74, 6) is -0.558. The predicted octanol–water partition coefficient (Wildman–Crippen LogP) is 4.17. The number of carboxylic acid groups (broad SMARTS) is 1. The van der Waals surface area contributed by atoms with E-state index in [-0.39, 0.29) is 18.4 Å². The molecule has 5 rings (SSSR count). The summed E-state index contributed by atoms with van der Waals surface area (Å²) in [6, 6.07) is 16.3. The molecule has 0 heterocycles. The van der Waals surface area contributed by atoms with Crippen molar-refractivity contribution >= 4 is 12.1 Å². The molecule has 3 aliphatic rings. The maximum absolute atomic E-state index is 12.6. The van der Waals surface area contributed by atoms with E-state index in [1.807, 2.05) is 24.3 Å². The zero-order chi connectivity index (χ0) is 19.3. The van der Waals surface area contributed by atoms with Gasteiger partial charge in [0.25, 0.3) is 0 Å². The fourth-order valence-corrected chi connectivity index (χ4v) is 5.62. The van der Waals surface area contributed by atoms with Crippen LogP contribution in [0.2, 0.25) is 0 Å². The van der Waals surface area contributed by atoms with Crippen molar-refractivity contribution in [2.24, 2.45) is 11.8 Å². The van der Waals surface area contributed by atoms with Crippen LogP contribution in [-0.4, -0.2) is 29.3 Å². The fraction of sp³-hybridized carbons (Fsp3) is 0.391. The van der Waals surface area contributed by atoms with Crippen LogP contribution < -0.4 is 5.32 Å². The Morgan fingerprint density at radius 1 is 1.04 bits per heavy atom. The normalized spacial score (nSPS) is 27.3. The summed E-state index contributed by atoms with van der Waals surface area (Å²) >= 11 is 0. The minimum atomic E-state index is -1.16. The predicted molar refractivity (Wildman–Crippen MR) is 104 cm³/mol. The first-order chi connectivity index (χ1) is 13.6. The van der Waals surface area contributed by atoms with Crippen LogP contribution in [-0.2, 0) is 9.53 Å². The van der Waals surface area contributed by atoms with Gasteiger partial charge in [0.15, 0.2) is 0 Å². The van der Waals surface area contributed by atoms with Gasteiger partial charge in [0.2, 0.25) is 0 Å². The number of carboxylic acids is 1. The molecule has 3 aliphatic carbocycles. The third kappa shape index (κ3) is 2.53. The van der Waals surface area contributed by atoms with Crippen LogP contribution >= 0.6 is 0 Å². The highest BCUT2D eigenvalue weighted by Crippen LogP contribution is 2.51. The van der Waals surface area contributed by atoms with Gasteiger partial charge < -0.3 is 15.2 Å². The van der Waals surface area contributed by atoms with Gasteiger partial charge in [0.05, 0.1) is 0 Å². The van der Waals surface area contributed by atoms with E-state index in [4.69, 9.17) is 4.74 Å². The smallest absolute Gasteiger partial charge is 0.408 e. The number of rotatable bonds is 4. The van der Waals surface area contributed by atoms with Gasteiger partial charge >= 0.3 is 12.1 Å². The van der Waals surface area contributed by atoms with Crippen LogP contribution in [0.1, 0.15) is 42.7 Å². The monoisotopic (exact) mass is 377 g/mol. The van der Waals surface area contributed by atoms with E-state index in [1.54, 1.807) is 0 Å². The first-order valence-electron chi connectivity index (χ1n) is 9.95. The average molecular weight is 377 g/mol. The molecule has 0 aromatic heterocycles. The highest BCUT2D eigenvalue weighted by molar-refractivity contribution is 5.85. The van der Waals surface area contributed by atoms with Gasteiger partial charge in [-0.25, -0.2) is 9.59 Å². The van der Waals surface area contributed by atoms with Gasteiger partial charge in [-0.15, -0.1) is 0 Å². The number of aliphatic carboxylic acids is 1. The molecule has 2 fully saturated rings. The Kier molecular flexibility index (Phi) is 3.93. The largest absolute Gasteiger partial charge is 0.479 e. The summed E-state index contributed by atoms with van der Waals surface area (Å²) in [5, 5.41) is 12.5. The minimum absolute atomic E-state index is 0.00971. The molecule has 2 aromatic carbocycles. The molecule has 2 N–H and O–H groups in total. The van der Waals surface area contributed by atoms with Crippen LogP contribution in [0.15, 0.2) is 48.5 Å². The Balaban J connectivity index is 1.33. The number of benzene rings is 2. The molecule has 0 unspecified atom stereocenters. The SMILES string of the molecule is O=C(N[C@@]1(C(=O)O)C[C@H]2CC[C@H]1C2)OCC1c2ccccc2-c2ccccc21. The molecule has 0 aliphatic heterocycles. The van der Waals surface area contributed by atoms with E-state index in [0.717, 1.165) is 30.4 Å². The maximum atomic E-state index is 12.6. The maximum Gasteiger partial charge on any atom is 0.408 e. The van der Waals surface area contributed by atoms with E-state index >= 15 is 0 Å². The molecule has 1 amide bonds. The fourth-order valence-electron chi connectivity index (χ4n) is 5.62. The number of amides is 1. The van der Waals surface area contributed by atoms with Gasteiger partial charge in [-0.1, -0.05) is 48.5 Å². The molecular weight excluding hydrogens is 354 g/mol. The lowest BCUT2D eigenvalue weighted by molar-refractivity contribution is -0.147. The lowest BCUT2D eigenvalue weighted by Gasteiger charge is -2.34. The Labute approximate surface area is 163 Å². The van der Waals surface area contributed by atoms with E-state index in [0.29, 0.717) is 12.3 Å². The summed E-state index contributed by atoms with van der Waals surface area (Å²) in [6.45, 7) is 0.198. The molecule has 0 saturated heterocycles. The Morgan fingerprint density at radius 3 is 2.21 bits per heavy atom. The quantitative estimate of drug-likeness (QED) is 0.839. The van der Waals surface area contributed by atoms with Crippen molar-refractivity contribution in [3.63, 3.8) is 0 Å². The number of hydrogen-bond donors (Lipinski definition) is 2. The van der Waals surface area contributed by atoms with Crippen molar-refractivity contribution in [3.8, 4) is 11.1 Å². The summed E-state index contributed by atoms with van der Waals surface area (Å²) in [4.78, 5) is 24.5. The number of ether oxygens (including phenoxy) is 1. The second-order valence-corrected chi connectivity index (χ2v) is 8.31. The van der Waals surface area contributed by atoms with Crippen molar-refractivity contribution in [3.05, 3.63) is 59.7 Å². The van der Waals surface area contributed by atoms with Gasteiger partial charge in [0.1, 0.15) is 12.1 Å². The van der Waals surface area contributed by atoms with Crippen molar-refractivity contribution in [2.45, 2.75) is 37.1 Å². The van der Waals surface area contributed by atoms with Crippen LogP contribution in [0.3, 0.4) is 0 Å². The van der Waals surface area contributed by atoms with Gasteiger partial charge in [0, 0.05) is 5.92 Å². The van der Waals surface area contributed by atoms with E-state index in [9.17, 15) is 14.7 Å². The van der Waals surface area contributed by atoms with Crippen LogP contribution in [0.25, 0.3) is 11.1 Å². The molecule has 5 heteroatoms. The molecule has 3 atom stereocenters. The van der Waals surface area contributed by atoms with Gasteiger partial charge in [-0.3, -0.25) is 0 Å². The molecular formula is C23H23NO4. The number of fused-ring (bicyclic) bond motifs is 5. The topological polar surface area (TPSA) is 75.6 Å². The first kappa shape index (κ1) is 17.3. The van der Waals surface area contributed by atoms with Gasteiger partial charge in [-0.2, -0.15) is 0 Å². The lowest BCUT2D eigenvalue weighted by Crippen LogP contribution is -2.58. The number of carbonyl (C=O) groups excluding carboxylic acids is 1. The Morgan fingerprint density at radius 2 is 1.68 bits per heavy atom. The standard InChI is InChI=1S/C23H23NO4/c25-21(26)23(12-14-9-10-15(23)11-14)24-22(27)28-13-20-18-7-3-1-5-16(18)17-6-2-4-8-19(17)20/h1-8,14-15,20H,9-13H2,(H,24,27)(H,25,26)/t14-,15-,23-/m0/s1. The van der Waals surface area contributed by atoms with Crippen LogP contribution in [0, 0.1) is 11.8 Å². The summed E-state index contributed by atoms with van der Waals surface area (Å²) in [6.07, 6.45) is 2.69. The van der Waals surface area contributed by atoms with Gasteiger partial charge in [-0.05, 0) is 59.8 Å². The molecule has 0 radical (unpaired) electrons. The second-order valence-electron chi connectivity index (χ2n) is 8.31. The van der Waals surface area contributed by atoms with Crippen molar-refractivity contribution in [1.82, 2.24) is 5.32 Å². The molecule has 5 nitrogen and oxygen atoms in total. The average Bonchev–Trinajstić information content (AvgIpc) is 3.38. The van der Waals surface area contributed by atoms with Crippen molar-refractivity contribution < 1.29 is 19.4 Å². The number of nitrogens with one attached hydrogen (secondary N) is 1. The van der Waals surface area contributed by atoms with E-state index in [2.05, 4.69) is 29.6 Å². The zero-order valence-corrected chi connectivity index (χ0v) is 15.6. The highest BCUT2D eigenvalue weighted by atomic mass is 16.5. The highest BCUT2D eigenvalue weighted by Gasteiger charge is 2.57. The molecule has 0 spiro atoms. The number of alkyl carbamates (subject to hydrolysis) is 1. The second kappa shape index (κ2) is 6.36. The summed E-state index contributed by atoms with van der Waals surface area (Å²) in [7, 11) is 0. The molecule has 28 heavy (non-hydrogen) atoms. The lowest BCUT2D eigenvalue weighted by atomic mass is 9.81. The van der Waals surface area contributed by atoms with Crippen LogP contribution in [0.4, 0.5) is 4.79 Å². The first-order valence-corrected chi connectivity index (χ1v) is 9.95.